The minimum atomic E-state index is -0.0700. The molecule has 1 heterocycles. The van der Waals surface area contributed by atoms with Crippen LogP contribution in [0.2, 0.25) is 0 Å². The Balaban J connectivity index is 1.84. The van der Waals surface area contributed by atoms with Crippen LogP contribution in [-0.2, 0) is 9.53 Å². The van der Waals surface area contributed by atoms with Crippen molar-refractivity contribution in [1.29, 1.82) is 0 Å². The van der Waals surface area contributed by atoms with Gasteiger partial charge in [0.2, 0.25) is 5.91 Å². The Morgan fingerprint density at radius 1 is 1.33 bits per heavy atom. The number of ether oxygens (including phenoxy) is 1. The number of carbonyl (C=O) groups excluding carboxylic acids is 1. The van der Waals surface area contributed by atoms with Crippen LogP contribution in [0.4, 0.5) is 0 Å². The minimum Gasteiger partial charge on any atom is -0.380 e. The standard InChI is InChI=1S/C14H26N2O2/c1-9-5-4-6-12(10(9)2)16-14(17)13-7-11(18-3)8-15-13/h9-13,15H,4-8H2,1-3H3,(H,16,17). The predicted octanol–water partition coefficient (Wildman–Crippen LogP) is 1.30. The van der Waals surface area contributed by atoms with Gasteiger partial charge >= 0.3 is 0 Å². The highest BCUT2D eigenvalue weighted by molar-refractivity contribution is 5.82. The second kappa shape index (κ2) is 6.02. The van der Waals surface area contributed by atoms with E-state index in [1.165, 1.54) is 12.8 Å². The number of hydrogen-bond donors (Lipinski definition) is 2. The second-order valence-electron chi connectivity index (χ2n) is 5.94. The van der Waals surface area contributed by atoms with E-state index in [0.717, 1.165) is 19.4 Å². The predicted molar refractivity (Wildman–Crippen MR) is 71.3 cm³/mol. The van der Waals surface area contributed by atoms with Crippen molar-refractivity contribution in [2.45, 2.75) is 57.7 Å². The molecular formula is C14H26N2O2. The normalized spacial score (nSPS) is 40.7. The Hall–Kier alpha value is -0.610. The van der Waals surface area contributed by atoms with Crippen molar-refractivity contribution in [3.05, 3.63) is 0 Å². The van der Waals surface area contributed by atoms with Gasteiger partial charge in [-0.1, -0.05) is 26.7 Å². The third-order valence-electron chi connectivity index (χ3n) is 4.77. The molecule has 18 heavy (non-hydrogen) atoms. The second-order valence-corrected chi connectivity index (χ2v) is 5.94. The minimum absolute atomic E-state index is 0.0700. The molecule has 2 rings (SSSR count). The maximum absolute atomic E-state index is 12.2. The lowest BCUT2D eigenvalue weighted by Gasteiger charge is -2.35. The Labute approximate surface area is 110 Å². The molecule has 0 spiro atoms. The molecule has 1 saturated carbocycles. The first-order valence-corrected chi connectivity index (χ1v) is 7.18. The summed E-state index contributed by atoms with van der Waals surface area (Å²) in [7, 11) is 1.71. The van der Waals surface area contributed by atoms with Gasteiger partial charge in [-0.25, -0.2) is 0 Å². The van der Waals surface area contributed by atoms with E-state index < -0.39 is 0 Å². The molecule has 0 aromatic carbocycles. The van der Waals surface area contributed by atoms with Gasteiger partial charge in [0.05, 0.1) is 12.1 Å². The molecule has 4 nitrogen and oxygen atoms in total. The zero-order valence-electron chi connectivity index (χ0n) is 11.7. The highest BCUT2D eigenvalue weighted by Crippen LogP contribution is 2.29. The first-order valence-electron chi connectivity index (χ1n) is 7.18. The topological polar surface area (TPSA) is 50.4 Å². The van der Waals surface area contributed by atoms with Gasteiger partial charge in [0.1, 0.15) is 0 Å². The van der Waals surface area contributed by atoms with Gasteiger partial charge in [-0.2, -0.15) is 0 Å². The average molecular weight is 254 g/mol. The van der Waals surface area contributed by atoms with Crippen LogP contribution in [0.25, 0.3) is 0 Å². The molecule has 1 aliphatic heterocycles. The van der Waals surface area contributed by atoms with E-state index in [1.54, 1.807) is 7.11 Å². The summed E-state index contributed by atoms with van der Waals surface area (Å²) < 4.78 is 5.28. The Morgan fingerprint density at radius 3 is 2.78 bits per heavy atom. The van der Waals surface area contributed by atoms with E-state index in [4.69, 9.17) is 4.74 Å². The lowest BCUT2D eigenvalue weighted by Crippen LogP contribution is -2.49. The summed E-state index contributed by atoms with van der Waals surface area (Å²) in [5.74, 6) is 1.45. The summed E-state index contributed by atoms with van der Waals surface area (Å²) in [4.78, 5) is 12.2. The van der Waals surface area contributed by atoms with Crippen molar-refractivity contribution in [3.8, 4) is 0 Å². The molecule has 5 unspecified atom stereocenters. The first kappa shape index (κ1) is 13.8. The lowest BCUT2D eigenvalue weighted by atomic mass is 9.78. The van der Waals surface area contributed by atoms with Crippen molar-refractivity contribution < 1.29 is 9.53 Å². The summed E-state index contributed by atoms with van der Waals surface area (Å²) in [6.07, 6.45) is 4.62. The van der Waals surface area contributed by atoms with Crippen LogP contribution in [0.15, 0.2) is 0 Å². The molecule has 0 radical (unpaired) electrons. The molecule has 0 aromatic heterocycles. The van der Waals surface area contributed by atoms with Crippen LogP contribution in [0.5, 0.6) is 0 Å². The number of hydrogen-bond acceptors (Lipinski definition) is 3. The van der Waals surface area contributed by atoms with Gasteiger partial charge < -0.3 is 15.4 Å². The number of amides is 1. The number of rotatable bonds is 3. The fourth-order valence-corrected chi connectivity index (χ4v) is 3.15. The summed E-state index contributed by atoms with van der Waals surface area (Å²) in [6, 6.07) is 0.282. The van der Waals surface area contributed by atoms with Gasteiger partial charge in [0.25, 0.3) is 0 Å². The van der Waals surface area contributed by atoms with Gasteiger partial charge in [0.15, 0.2) is 0 Å². The molecule has 1 aliphatic carbocycles. The molecule has 1 saturated heterocycles. The van der Waals surface area contributed by atoms with Gasteiger partial charge in [-0.05, 0) is 24.7 Å². The van der Waals surface area contributed by atoms with E-state index in [9.17, 15) is 4.79 Å². The van der Waals surface area contributed by atoms with Crippen LogP contribution in [0.3, 0.4) is 0 Å². The zero-order valence-corrected chi connectivity index (χ0v) is 11.7. The quantitative estimate of drug-likeness (QED) is 0.798. The van der Waals surface area contributed by atoms with Crippen molar-refractivity contribution >= 4 is 5.91 Å². The highest BCUT2D eigenvalue weighted by atomic mass is 16.5. The molecule has 2 fully saturated rings. The summed E-state index contributed by atoms with van der Waals surface area (Å²) >= 11 is 0. The number of methoxy groups -OCH3 is 1. The van der Waals surface area contributed by atoms with Gasteiger partial charge in [-0.3, -0.25) is 4.79 Å². The van der Waals surface area contributed by atoms with Gasteiger partial charge in [0, 0.05) is 19.7 Å². The lowest BCUT2D eigenvalue weighted by molar-refractivity contribution is -0.124. The van der Waals surface area contributed by atoms with Crippen molar-refractivity contribution in [2.75, 3.05) is 13.7 Å². The van der Waals surface area contributed by atoms with Crippen LogP contribution in [0, 0.1) is 11.8 Å². The molecule has 5 atom stereocenters. The van der Waals surface area contributed by atoms with Crippen molar-refractivity contribution in [3.63, 3.8) is 0 Å². The van der Waals surface area contributed by atoms with E-state index in [0.29, 0.717) is 17.9 Å². The summed E-state index contributed by atoms with van der Waals surface area (Å²) in [6.45, 7) is 5.33. The summed E-state index contributed by atoms with van der Waals surface area (Å²) in [5, 5.41) is 6.46. The molecule has 2 aliphatic rings. The van der Waals surface area contributed by atoms with Gasteiger partial charge in [-0.15, -0.1) is 0 Å². The molecule has 4 heteroatoms. The number of carbonyl (C=O) groups is 1. The molecular weight excluding hydrogens is 228 g/mol. The monoisotopic (exact) mass is 254 g/mol. The largest absolute Gasteiger partial charge is 0.380 e. The smallest absolute Gasteiger partial charge is 0.237 e. The third kappa shape index (κ3) is 3.04. The van der Waals surface area contributed by atoms with Crippen LogP contribution < -0.4 is 10.6 Å². The van der Waals surface area contributed by atoms with E-state index in [2.05, 4.69) is 24.5 Å². The van der Waals surface area contributed by atoms with Crippen LogP contribution >= 0.6 is 0 Å². The van der Waals surface area contributed by atoms with E-state index >= 15 is 0 Å². The number of nitrogens with one attached hydrogen (secondary N) is 2. The van der Waals surface area contributed by atoms with Crippen LogP contribution in [0.1, 0.15) is 39.5 Å². The Kier molecular flexibility index (Phi) is 4.62. The fourth-order valence-electron chi connectivity index (χ4n) is 3.15. The third-order valence-corrected chi connectivity index (χ3v) is 4.77. The Morgan fingerprint density at radius 2 is 2.11 bits per heavy atom. The maximum atomic E-state index is 12.2. The zero-order chi connectivity index (χ0) is 13.1. The fraction of sp³-hybridized carbons (Fsp3) is 0.929. The Bertz CT molecular complexity index is 296. The maximum Gasteiger partial charge on any atom is 0.237 e. The van der Waals surface area contributed by atoms with Crippen molar-refractivity contribution in [2.24, 2.45) is 11.8 Å². The highest BCUT2D eigenvalue weighted by Gasteiger charge is 2.33. The van der Waals surface area contributed by atoms with E-state index in [-0.39, 0.29) is 18.1 Å². The molecule has 0 aromatic rings. The summed E-state index contributed by atoms with van der Waals surface area (Å²) in [5.41, 5.74) is 0. The SMILES string of the molecule is COC1CNC(C(=O)NC2CCCC(C)C2C)C1. The molecule has 104 valence electrons. The molecule has 0 bridgehead atoms. The average Bonchev–Trinajstić information content (AvgIpc) is 2.83. The van der Waals surface area contributed by atoms with E-state index in [1.807, 2.05) is 0 Å². The first-order chi connectivity index (χ1) is 8.61. The molecule has 1 amide bonds. The van der Waals surface area contributed by atoms with Crippen LogP contribution in [-0.4, -0.2) is 37.7 Å². The van der Waals surface area contributed by atoms with Crippen molar-refractivity contribution in [1.82, 2.24) is 10.6 Å². The molecule has 2 N–H and O–H groups in total.